The molecule has 1 atom stereocenters. The number of hydrogen-bond donors (Lipinski definition) is 4. The number of aliphatic hydroxyl groups is 1. The zero-order valence-corrected chi connectivity index (χ0v) is 23.2. The van der Waals surface area contributed by atoms with Crippen molar-refractivity contribution in [2.45, 2.75) is 26.1 Å². The molecule has 40 heavy (non-hydrogen) atoms. The molecule has 0 saturated carbocycles. The van der Waals surface area contributed by atoms with E-state index >= 15 is 0 Å². The Bertz CT molecular complexity index is 1420. The highest BCUT2D eigenvalue weighted by Crippen LogP contribution is 2.29. The van der Waals surface area contributed by atoms with Crippen LogP contribution in [0.25, 0.3) is 11.1 Å². The Morgan fingerprint density at radius 2 is 1.62 bits per heavy atom. The van der Waals surface area contributed by atoms with Gasteiger partial charge in [0, 0.05) is 5.69 Å². The van der Waals surface area contributed by atoms with Crippen LogP contribution in [0.15, 0.2) is 66.7 Å². The Hall–Kier alpha value is -4.29. The van der Waals surface area contributed by atoms with Crippen molar-refractivity contribution in [3.63, 3.8) is 0 Å². The highest BCUT2D eigenvalue weighted by atomic mass is 32.2. The summed E-state index contributed by atoms with van der Waals surface area (Å²) in [5.74, 6) is -0.0373. The van der Waals surface area contributed by atoms with Crippen molar-refractivity contribution in [2.24, 2.45) is 0 Å². The molecule has 0 fully saturated rings. The molecule has 3 rings (SSSR count). The normalized spacial score (nSPS) is 12.0. The number of aliphatic hydroxyl groups excluding tert-OH is 1. The maximum atomic E-state index is 12.4. The second-order valence-corrected chi connectivity index (χ2v) is 11.1. The SMILES string of the molecule is CC(C)Oc1cc(-c2ccc(OCCN(C[C@@H](O)c3ccc(N)cc3)C(=O)O)cc2)ccc1C(=O)NS(C)(=O)=O. The third-order valence-corrected chi connectivity index (χ3v) is 6.23. The molecule has 0 radical (unpaired) electrons. The summed E-state index contributed by atoms with van der Waals surface area (Å²) in [6, 6.07) is 18.4. The van der Waals surface area contributed by atoms with Crippen LogP contribution in [0.5, 0.6) is 11.5 Å². The fourth-order valence-corrected chi connectivity index (χ4v) is 4.23. The van der Waals surface area contributed by atoms with Gasteiger partial charge in [-0.15, -0.1) is 0 Å². The first-order valence-electron chi connectivity index (χ1n) is 12.4. The molecule has 0 unspecified atom stereocenters. The summed E-state index contributed by atoms with van der Waals surface area (Å²) >= 11 is 0. The van der Waals surface area contributed by atoms with E-state index in [-0.39, 0.29) is 37.1 Å². The molecule has 0 aliphatic rings. The lowest BCUT2D eigenvalue weighted by molar-refractivity contribution is 0.0894. The van der Waals surface area contributed by atoms with E-state index in [9.17, 15) is 28.2 Å². The van der Waals surface area contributed by atoms with Gasteiger partial charge in [0.2, 0.25) is 10.0 Å². The topological polar surface area (TPSA) is 168 Å². The van der Waals surface area contributed by atoms with E-state index in [4.69, 9.17) is 15.2 Å². The molecule has 214 valence electrons. The number of sulfonamides is 1. The van der Waals surface area contributed by atoms with Crippen molar-refractivity contribution >= 4 is 27.7 Å². The van der Waals surface area contributed by atoms with Crippen LogP contribution in [0, 0.1) is 0 Å². The summed E-state index contributed by atoms with van der Waals surface area (Å²) in [5, 5.41) is 19.9. The molecular weight excluding hydrogens is 538 g/mol. The molecular formula is C28H33N3O8S. The van der Waals surface area contributed by atoms with Crippen molar-refractivity contribution in [2.75, 3.05) is 31.7 Å². The summed E-state index contributed by atoms with van der Waals surface area (Å²) in [6.45, 7) is 3.57. The number of anilines is 1. The summed E-state index contributed by atoms with van der Waals surface area (Å²) in [5.41, 5.74) is 8.37. The quantitative estimate of drug-likeness (QED) is 0.238. The Labute approximate surface area is 233 Å². The number of nitrogens with two attached hydrogens (primary N) is 1. The maximum absolute atomic E-state index is 12.4. The van der Waals surface area contributed by atoms with Crippen molar-refractivity contribution in [3.05, 3.63) is 77.9 Å². The molecule has 12 heteroatoms. The van der Waals surface area contributed by atoms with E-state index < -0.39 is 28.1 Å². The summed E-state index contributed by atoms with van der Waals surface area (Å²) in [4.78, 5) is 25.2. The van der Waals surface area contributed by atoms with Gasteiger partial charge in [-0.25, -0.2) is 17.9 Å². The molecule has 0 aromatic heterocycles. The van der Waals surface area contributed by atoms with Crippen LogP contribution in [0.4, 0.5) is 10.5 Å². The van der Waals surface area contributed by atoms with Gasteiger partial charge in [0.25, 0.3) is 5.91 Å². The monoisotopic (exact) mass is 571 g/mol. The van der Waals surface area contributed by atoms with E-state index in [1.165, 1.54) is 6.07 Å². The average molecular weight is 572 g/mol. The van der Waals surface area contributed by atoms with E-state index in [0.29, 0.717) is 17.0 Å². The van der Waals surface area contributed by atoms with Crippen LogP contribution in [-0.2, 0) is 10.0 Å². The molecule has 11 nitrogen and oxygen atoms in total. The summed E-state index contributed by atoms with van der Waals surface area (Å²) in [6.07, 6.45) is -1.55. The molecule has 3 aromatic rings. The van der Waals surface area contributed by atoms with E-state index in [2.05, 4.69) is 0 Å². The lowest BCUT2D eigenvalue weighted by atomic mass is 10.0. The number of carbonyl (C=O) groups excluding carboxylic acids is 1. The zero-order chi connectivity index (χ0) is 29.4. The third-order valence-electron chi connectivity index (χ3n) is 5.67. The van der Waals surface area contributed by atoms with Crippen molar-refractivity contribution < 1.29 is 37.7 Å². The predicted molar refractivity (Wildman–Crippen MR) is 151 cm³/mol. The smallest absolute Gasteiger partial charge is 0.407 e. The van der Waals surface area contributed by atoms with E-state index in [1.54, 1.807) is 74.5 Å². The molecule has 0 saturated heterocycles. The van der Waals surface area contributed by atoms with E-state index in [0.717, 1.165) is 22.3 Å². The second-order valence-electron chi connectivity index (χ2n) is 9.36. The average Bonchev–Trinajstić information content (AvgIpc) is 2.87. The molecule has 0 spiro atoms. The van der Waals surface area contributed by atoms with Crippen LogP contribution >= 0.6 is 0 Å². The predicted octanol–water partition coefficient (Wildman–Crippen LogP) is 3.50. The zero-order valence-electron chi connectivity index (χ0n) is 22.4. The van der Waals surface area contributed by atoms with Gasteiger partial charge in [0.15, 0.2) is 0 Å². The Morgan fingerprint density at radius 1 is 1.00 bits per heavy atom. The van der Waals surface area contributed by atoms with Crippen LogP contribution in [0.3, 0.4) is 0 Å². The van der Waals surface area contributed by atoms with Gasteiger partial charge in [-0.3, -0.25) is 4.79 Å². The number of ether oxygens (including phenoxy) is 2. The Kier molecular flexibility index (Phi) is 9.97. The number of carbonyl (C=O) groups is 2. The Morgan fingerprint density at radius 3 is 2.20 bits per heavy atom. The van der Waals surface area contributed by atoms with Crippen molar-refractivity contribution in [1.82, 2.24) is 9.62 Å². The highest BCUT2D eigenvalue weighted by molar-refractivity contribution is 7.89. The molecule has 2 amide bonds. The molecule has 0 aliphatic heterocycles. The van der Waals surface area contributed by atoms with Crippen LogP contribution in [-0.4, -0.2) is 67.6 Å². The maximum Gasteiger partial charge on any atom is 0.407 e. The summed E-state index contributed by atoms with van der Waals surface area (Å²) < 4.78 is 36.4. The van der Waals surface area contributed by atoms with E-state index in [1.807, 2.05) is 4.72 Å². The second kappa shape index (κ2) is 13.2. The van der Waals surface area contributed by atoms with Gasteiger partial charge >= 0.3 is 6.09 Å². The van der Waals surface area contributed by atoms with Gasteiger partial charge in [-0.05, 0) is 66.9 Å². The van der Waals surface area contributed by atoms with Crippen LogP contribution in [0.1, 0.15) is 35.9 Å². The first-order valence-corrected chi connectivity index (χ1v) is 14.3. The van der Waals surface area contributed by atoms with Crippen molar-refractivity contribution in [3.8, 4) is 22.6 Å². The van der Waals surface area contributed by atoms with Crippen LogP contribution < -0.4 is 19.9 Å². The number of benzene rings is 3. The Balaban J connectivity index is 1.65. The highest BCUT2D eigenvalue weighted by Gasteiger charge is 2.19. The number of nitrogen functional groups attached to an aromatic ring is 1. The minimum Gasteiger partial charge on any atom is -0.492 e. The van der Waals surface area contributed by atoms with Crippen LogP contribution in [0.2, 0.25) is 0 Å². The van der Waals surface area contributed by atoms with Gasteiger partial charge in [0.05, 0.1) is 37.1 Å². The fraction of sp³-hybridized carbons (Fsp3) is 0.286. The van der Waals surface area contributed by atoms with Gasteiger partial charge in [-0.1, -0.05) is 30.3 Å². The minimum atomic E-state index is -3.74. The first kappa shape index (κ1) is 30.3. The molecule has 3 aromatic carbocycles. The fourth-order valence-electron chi connectivity index (χ4n) is 3.78. The molecule has 0 aliphatic carbocycles. The van der Waals surface area contributed by atoms with Crippen molar-refractivity contribution in [1.29, 1.82) is 0 Å². The van der Waals surface area contributed by atoms with Gasteiger partial charge < -0.3 is 30.3 Å². The number of carboxylic acid groups (broad SMARTS) is 1. The number of hydrogen-bond acceptors (Lipinski definition) is 8. The van der Waals surface area contributed by atoms with Gasteiger partial charge in [0.1, 0.15) is 18.1 Å². The molecule has 0 heterocycles. The summed E-state index contributed by atoms with van der Waals surface area (Å²) in [7, 11) is -3.74. The number of nitrogens with one attached hydrogen (secondary N) is 1. The number of amides is 2. The number of nitrogens with zero attached hydrogens (tertiary/aromatic N) is 1. The largest absolute Gasteiger partial charge is 0.492 e. The molecule has 0 bridgehead atoms. The minimum absolute atomic E-state index is 0.0377. The van der Waals surface area contributed by atoms with Gasteiger partial charge in [-0.2, -0.15) is 0 Å². The first-order chi connectivity index (χ1) is 18.8. The lowest BCUT2D eigenvalue weighted by Gasteiger charge is -2.23. The molecule has 5 N–H and O–H groups in total. The number of rotatable bonds is 12. The third kappa shape index (κ3) is 8.89. The standard InChI is InChI=1S/C28H33N3O8S/c1-18(2)39-26-16-21(8-13-24(26)27(33)30-40(3,36)37)19-6-11-23(12-7-19)38-15-14-31(28(34)35)17-25(32)20-4-9-22(29)10-5-20/h4-13,16,18,25,32H,14-15,17,29H2,1-3H3,(H,30,33)(H,34,35)/t25-/m1/s1. The lowest BCUT2D eigenvalue weighted by Crippen LogP contribution is -2.36.